The molecule has 14 heteroatoms. The minimum Gasteiger partial charge on any atom is -0.394 e. The van der Waals surface area contributed by atoms with Crippen LogP contribution in [0.15, 0.2) is 0 Å². The Labute approximate surface area is 215 Å². The predicted octanol–water partition coefficient (Wildman–Crippen LogP) is -3.58. The lowest BCUT2D eigenvalue weighted by molar-refractivity contribution is -0.303. The summed E-state index contributed by atoms with van der Waals surface area (Å²) in [4.78, 5) is 14.3. The number of hydrogen-bond donors (Lipinski definition) is 8. The van der Waals surface area contributed by atoms with Gasteiger partial charge in [-0.05, 0) is 6.42 Å². The number of carbonyl (C=O) groups excluding carboxylic acids is 1. The van der Waals surface area contributed by atoms with E-state index in [1.54, 1.807) is 0 Å². The average molecular weight is 542 g/mol. The predicted molar refractivity (Wildman–Crippen MR) is 125 cm³/mol. The zero-order chi connectivity index (χ0) is 27.5. The first-order valence-electron chi connectivity index (χ1n) is 12.8. The number of amides is 1. The van der Waals surface area contributed by atoms with Crippen LogP contribution in [0, 0.1) is 0 Å². The molecule has 0 aromatic carbocycles. The topological polar surface area (TPSA) is 219 Å². The third kappa shape index (κ3) is 9.02. The second-order valence-electron chi connectivity index (χ2n) is 9.33. The molecule has 2 rings (SSSR count). The van der Waals surface area contributed by atoms with E-state index in [0.29, 0.717) is 6.42 Å². The summed E-state index contributed by atoms with van der Waals surface area (Å²) >= 11 is 0. The minimum atomic E-state index is -1.58. The standard InChI is InChI=1S/C23H43NO13/c1-2-3-4-5-6-15(27)24(7-9-34-22-20(32)18(30)16(28)13(11-25)36-22)8-10-35-23-21(33)19(31)17(29)14(12-26)37-23/h13-14,16-23,25-26,28-33H,2-12H2,1H3/t13-,14-,16-,17-,18+,19+,20+,21+,22+,23+/m1/s1. The molecule has 2 saturated heterocycles. The number of hydrogen-bond acceptors (Lipinski definition) is 13. The molecule has 2 heterocycles. The second kappa shape index (κ2) is 16.2. The van der Waals surface area contributed by atoms with Gasteiger partial charge in [-0.1, -0.05) is 26.2 Å². The maximum atomic E-state index is 12.8. The molecule has 0 spiro atoms. The Bertz CT molecular complexity index is 612. The first-order valence-corrected chi connectivity index (χ1v) is 12.8. The van der Waals surface area contributed by atoms with Crippen molar-refractivity contribution < 1.29 is 64.6 Å². The van der Waals surface area contributed by atoms with E-state index >= 15 is 0 Å². The first-order chi connectivity index (χ1) is 17.7. The Hall–Kier alpha value is -1.01. The van der Waals surface area contributed by atoms with Gasteiger partial charge in [0.1, 0.15) is 48.8 Å². The van der Waals surface area contributed by atoms with Crippen LogP contribution in [-0.2, 0) is 23.7 Å². The molecule has 0 unspecified atom stereocenters. The maximum Gasteiger partial charge on any atom is 0.222 e. The third-order valence-corrected chi connectivity index (χ3v) is 6.58. The van der Waals surface area contributed by atoms with Crippen LogP contribution in [0.25, 0.3) is 0 Å². The quantitative estimate of drug-likeness (QED) is 0.0941. The van der Waals surface area contributed by atoms with E-state index in [2.05, 4.69) is 6.92 Å². The van der Waals surface area contributed by atoms with E-state index < -0.39 is 74.6 Å². The fraction of sp³-hybridized carbons (Fsp3) is 0.957. The third-order valence-electron chi connectivity index (χ3n) is 6.58. The van der Waals surface area contributed by atoms with Gasteiger partial charge in [-0.3, -0.25) is 4.79 Å². The molecule has 218 valence electrons. The molecule has 10 atom stereocenters. The van der Waals surface area contributed by atoms with Crippen molar-refractivity contribution in [1.29, 1.82) is 0 Å². The highest BCUT2D eigenvalue weighted by Gasteiger charge is 2.45. The summed E-state index contributed by atoms with van der Waals surface area (Å²) in [6, 6.07) is 0. The summed E-state index contributed by atoms with van der Waals surface area (Å²) in [5, 5.41) is 78.4. The highest BCUT2D eigenvalue weighted by Crippen LogP contribution is 2.23. The molecule has 0 aromatic heterocycles. The van der Waals surface area contributed by atoms with Crippen LogP contribution in [0.2, 0.25) is 0 Å². The van der Waals surface area contributed by atoms with Crippen LogP contribution >= 0.6 is 0 Å². The number of nitrogens with zero attached hydrogens (tertiary/aromatic N) is 1. The number of ether oxygens (including phenoxy) is 4. The Morgan fingerprint density at radius 1 is 0.703 bits per heavy atom. The van der Waals surface area contributed by atoms with Crippen LogP contribution in [0.5, 0.6) is 0 Å². The normalized spacial score (nSPS) is 36.5. The smallest absolute Gasteiger partial charge is 0.222 e. The van der Waals surface area contributed by atoms with Crippen molar-refractivity contribution in [3.05, 3.63) is 0 Å². The van der Waals surface area contributed by atoms with Crippen molar-refractivity contribution in [3.8, 4) is 0 Å². The van der Waals surface area contributed by atoms with Crippen LogP contribution in [0.4, 0.5) is 0 Å². The van der Waals surface area contributed by atoms with Crippen molar-refractivity contribution in [2.24, 2.45) is 0 Å². The van der Waals surface area contributed by atoms with Crippen molar-refractivity contribution in [1.82, 2.24) is 4.90 Å². The Balaban J connectivity index is 1.92. The van der Waals surface area contributed by atoms with Crippen LogP contribution in [0.3, 0.4) is 0 Å². The highest BCUT2D eigenvalue weighted by atomic mass is 16.7. The van der Waals surface area contributed by atoms with Gasteiger partial charge in [-0.25, -0.2) is 0 Å². The molecule has 37 heavy (non-hydrogen) atoms. The lowest BCUT2D eigenvalue weighted by Crippen LogP contribution is -2.59. The lowest BCUT2D eigenvalue weighted by Gasteiger charge is -2.40. The minimum absolute atomic E-state index is 0.0552. The fourth-order valence-electron chi connectivity index (χ4n) is 4.19. The molecule has 0 radical (unpaired) electrons. The number of carbonyl (C=O) groups is 1. The van der Waals surface area contributed by atoms with Gasteiger partial charge < -0.3 is 64.7 Å². The summed E-state index contributed by atoms with van der Waals surface area (Å²) < 4.78 is 21.6. The van der Waals surface area contributed by atoms with E-state index in [4.69, 9.17) is 18.9 Å². The van der Waals surface area contributed by atoms with E-state index in [-0.39, 0.29) is 38.6 Å². The molecule has 0 saturated carbocycles. The van der Waals surface area contributed by atoms with Gasteiger partial charge in [0.05, 0.1) is 26.4 Å². The van der Waals surface area contributed by atoms with Gasteiger partial charge in [-0.15, -0.1) is 0 Å². The van der Waals surface area contributed by atoms with Gasteiger partial charge in [0, 0.05) is 19.5 Å². The Morgan fingerprint density at radius 3 is 1.57 bits per heavy atom. The number of unbranched alkanes of at least 4 members (excludes halogenated alkanes) is 3. The molecule has 2 fully saturated rings. The van der Waals surface area contributed by atoms with Crippen LogP contribution in [-0.4, -0.2) is 153 Å². The van der Waals surface area contributed by atoms with Crippen LogP contribution < -0.4 is 0 Å². The van der Waals surface area contributed by atoms with Crippen molar-refractivity contribution >= 4 is 5.91 Å². The summed E-state index contributed by atoms with van der Waals surface area (Å²) in [6.07, 6.45) is -10.4. The number of aliphatic hydroxyl groups excluding tert-OH is 8. The zero-order valence-corrected chi connectivity index (χ0v) is 21.1. The van der Waals surface area contributed by atoms with E-state index in [1.807, 2.05) is 0 Å². The summed E-state index contributed by atoms with van der Waals surface area (Å²) in [7, 11) is 0. The highest BCUT2D eigenvalue weighted by molar-refractivity contribution is 5.76. The SMILES string of the molecule is CCCCCCC(=O)N(CCO[C@H]1O[C@H](CO)[C@@H](O)[C@H](O)[C@@H]1O)CCO[C@H]1O[C@H](CO)[C@@H](O)[C@H](O)[C@@H]1O. The summed E-state index contributed by atoms with van der Waals surface area (Å²) in [6.45, 7) is 0.762. The average Bonchev–Trinajstić information content (AvgIpc) is 2.89. The monoisotopic (exact) mass is 541 g/mol. The molecule has 2 aliphatic heterocycles. The van der Waals surface area contributed by atoms with Gasteiger partial charge in [-0.2, -0.15) is 0 Å². The number of rotatable bonds is 15. The lowest BCUT2D eigenvalue weighted by atomic mass is 9.99. The molecule has 8 N–H and O–H groups in total. The van der Waals surface area contributed by atoms with E-state index in [9.17, 15) is 45.6 Å². The summed E-state index contributed by atoms with van der Waals surface area (Å²) in [5.41, 5.74) is 0. The zero-order valence-electron chi connectivity index (χ0n) is 21.1. The van der Waals surface area contributed by atoms with Gasteiger partial charge in [0.25, 0.3) is 0 Å². The van der Waals surface area contributed by atoms with Crippen molar-refractivity contribution in [3.63, 3.8) is 0 Å². The Morgan fingerprint density at radius 2 is 1.16 bits per heavy atom. The fourth-order valence-corrected chi connectivity index (χ4v) is 4.19. The van der Waals surface area contributed by atoms with Crippen molar-refractivity contribution in [2.75, 3.05) is 39.5 Å². The molecule has 14 nitrogen and oxygen atoms in total. The number of aliphatic hydroxyl groups is 8. The van der Waals surface area contributed by atoms with E-state index in [0.717, 1.165) is 19.3 Å². The Kier molecular flexibility index (Phi) is 14.1. The van der Waals surface area contributed by atoms with Crippen molar-refractivity contribution in [2.45, 2.75) is 100 Å². The van der Waals surface area contributed by atoms with E-state index in [1.165, 1.54) is 4.90 Å². The summed E-state index contributed by atoms with van der Waals surface area (Å²) in [5.74, 6) is -0.189. The van der Waals surface area contributed by atoms with Gasteiger partial charge in [0.15, 0.2) is 12.6 Å². The van der Waals surface area contributed by atoms with Crippen LogP contribution in [0.1, 0.15) is 39.0 Å². The second-order valence-corrected chi connectivity index (χ2v) is 9.33. The van der Waals surface area contributed by atoms with Gasteiger partial charge >= 0.3 is 0 Å². The molecule has 0 aromatic rings. The molecular weight excluding hydrogens is 498 g/mol. The first kappa shape index (κ1) is 32.2. The molecule has 2 aliphatic rings. The largest absolute Gasteiger partial charge is 0.394 e. The molecular formula is C23H43NO13. The molecule has 0 bridgehead atoms. The molecule has 1 amide bonds. The molecule has 0 aliphatic carbocycles. The van der Waals surface area contributed by atoms with Gasteiger partial charge in [0.2, 0.25) is 5.91 Å². The maximum absolute atomic E-state index is 12.8.